The molecule has 2 aliphatic heterocycles. The second kappa shape index (κ2) is 4.60. The van der Waals surface area contributed by atoms with Crippen molar-refractivity contribution in [3.63, 3.8) is 0 Å². The van der Waals surface area contributed by atoms with Gasteiger partial charge in [-0.25, -0.2) is 0 Å². The zero-order valence-electron chi connectivity index (χ0n) is 12.0. The molecule has 2 fully saturated rings. The van der Waals surface area contributed by atoms with Gasteiger partial charge in [-0.15, -0.1) is 0 Å². The number of hydrogen-bond acceptors (Lipinski definition) is 2. The Kier molecular flexibility index (Phi) is 3.18. The first-order valence-corrected chi connectivity index (χ1v) is 7.47. The van der Waals surface area contributed by atoms with E-state index in [1.807, 2.05) is 0 Å². The van der Waals surface area contributed by atoms with Crippen molar-refractivity contribution < 1.29 is 9.84 Å². The number of aryl methyl sites for hydroxylation is 1. The van der Waals surface area contributed by atoms with Gasteiger partial charge in [0, 0.05) is 12.3 Å². The molecule has 19 heavy (non-hydrogen) atoms. The van der Waals surface area contributed by atoms with Crippen LogP contribution in [0.25, 0.3) is 0 Å². The quantitative estimate of drug-likeness (QED) is 0.880. The molecule has 3 rings (SSSR count). The second-order valence-electron chi connectivity index (χ2n) is 6.70. The van der Waals surface area contributed by atoms with Crippen molar-refractivity contribution in [2.45, 2.75) is 63.8 Å². The van der Waals surface area contributed by atoms with Crippen LogP contribution in [-0.2, 0) is 11.2 Å². The molecule has 0 spiro atoms. The molecule has 0 amide bonds. The number of hydrogen-bond donors (Lipinski definition) is 1. The van der Waals surface area contributed by atoms with E-state index in [0.717, 1.165) is 32.1 Å². The van der Waals surface area contributed by atoms with Gasteiger partial charge in [0.05, 0.1) is 5.60 Å². The minimum Gasteiger partial charge on any atom is -0.365 e. The largest absolute Gasteiger partial charge is 0.365 e. The van der Waals surface area contributed by atoms with Crippen LogP contribution in [0.2, 0.25) is 0 Å². The van der Waals surface area contributed by atoms with Crippen molar-refractivity contribution in [3.8, 4) is 0 Å². The Labute approximate surface area is 115 Å². The molecule has 2 aliphatic rings. The Hall–Kier alpha value is -0.860. The molecule has 0 radical (unpaired) electrons. The fraction of sp³-hybridized carbons (Fsp3) is 0.647. The first kappa shape index (κ1) is 13.1. The lowest BCUT2D eigenvalue weighted by molar-refractivity contribution is -0.232. The summed E-state index contributed by atoms with van der Waals surface area (Å²) < 4.78 is 6.07. The first-order valence-electron chi connectivity index (χ1n) is 7.47. The summed E-state index contributed by atoms with van der Waals surface area (Å²) in [6.45, 7) is 4.29. The van der Waals surface area contributed by atoms with E-state index in [0.29, 0.717) is 0 Å². The molecule has 3 atom stereocenters. The first-order chi connectivity index (χ1) is 8.99. The normalized spacial score (nSPS) is 38.2. The van der Waals surface area contributed by atoms with Gasteiger partial charge in [0.2, 0.25) is 0 Å². The average molecular weight is 260 g/mol. The van der Waals surface area contributed by atoms with Crippen molar-refractivity contribution in [1.29, 1.82) is 0 Å². The summed E-state index contributed by atoms with van der Waals surface area (Å²) in [6.07, 6.45) is 6.04. The molecule has 0 aromatic heterocycles. The van der Waals surface area contributed by atoms with E-state index in [1.165, 1.54) is 17.5 Å². The Morgan fingerprint density at radius 1 is 1.32 bits per heavy atom. The van der Waals surface area contributed by atoms with Crippen LogP contribution in [0.5, 0.6) is 0 Å². The summed E-state index contributed by atoms with van der Waals surface area (Å²) in [5.41, 5.74) is 2.49. The van der Waals surface area contributed by atoms with Crippen LogP contribution in [0.3, 0.4) is 0 Å². The molecule has 2 nitrogen and oxygen atoms in total. The van der Waals surface area contributed by atoms with Crippen molar-refractivity contribution in [3.05, 3.63) is 35.4 Å². The maximum atomic E-state index is 10.8. The standard InChI is InChI=1S/C17H24O2/c1-13-6-5-7-14(10-13)11-15-12-16(2)8-3-4-9-17(15,18)19-16/h5-7,10,15,18H,3-4,8-9,11-12H2,1-2H3/t15-,16+,17-/m0/s1. The molecular weight excluding hydrogens is 236 g/mol. The lowest BCUT2D eigenvalue weighted by Crippen LogP contribution is -2.36. The van der Waals surface area contributed by atoms with Gasteiger partial charge in [0.25, 0.3) is 0 Å². The number of benzene rings is 1. The summed E-state index contributed by atoms with van der Waals surface area (Å²) in [5.74, 6) is -0.658. The summed E-state index contributed by atoms with van der Waals surface area (Å²) >= 11 is 0. The van der Waals surface area contributed by atoms with E-state index in [1.54, 1.807) is 0 Å². The maximum absolute atomic E-state index is 10.8. The summed E-state index contributed by atoms with van der Waals surface area (Å²) in [7, 11) is 0. The fourth-order valence-corrected chi connectivity index (χ4v) is 3.87. The molecule has 104 valence electrons. The topological polar surface area (TPSA) is 29.5 Å². The molecule has 1 N–H and O–H groups in total. The monoisotopic (exact) mass is 260 g/mol. The fourth-order valence-electron chi connectivity index (χ4n) is 3.87. The van der Waals surface area contributed by atoms with Crippen LogP contribution >= 0.6 is 0 Å². The van der Waals surface area contributed by atoms with Crippen LogP contribution in [0.1, 0.15) is 50.2 Å². The highest BCUT2D eigenvalue weighted by Gasteiger charge is 2.53. The highest BCUT2D eigenvalue weighted by atomic mass is 16.6. The van der Waals surface area contributed by atoms with E-state index in [-0.39, 0.29) is 11.5 Å². The van der Waals surface area contributed by atoms with E-state index in [4.69, 9.17) is 4.74 Å². The predicted octanol–water partition coefficient (Wildman–Crippen LogP) is 3.60. The van der Waals surface area contributed by atoms with Gasteiger partial charge >= 0.3 is 0 Å². The molecule has 2 bridgehead atoms. The number of ether oxygens (including phenoxy) is 1. The van der Waals surface area contributed by atoms with Crippen LogP contribution < -0.4 is 0 Å². The van der Waals surface area contributed by atoms with Gasteiger partial charge in [0.15, 0.2) is 5.79 Å². The Morgan fingerprint density at radius 2 is 2.11 bits per heavy atom. The molecule has 2 heteroatoms. The summed E-state index contributed by atoms with van der Waals surface area (Å²) in [6, 6.07) is 8.61. The van der Waals surface area contributed by atoms with Crippen LogP contribution in [-0.4, -0.2) is 16.5 Å². The Bertz CT molecular complexity index is 470. The van der Waals surface area contributed by atoms with Crippen LogP contribution in [0.4, 0.5) is 0 Å². The molecule has 0 aliphatic carbocycles. The van der Waals surface area contributed by atoms with Gasteiger partial charge in [-0.1, -0.05) is 36.2 Å². The minimum absolute atomic E-state index is 0.111. The zero-order chi connectivity index (χ0) is 13.5. The van der Waals surface area contributed by atoms with Gasteiger partial charge in [0.1, 0.15) is 0 Å². The molecule has 2 heterocycles. The van der Waals surface area contributed by atoms with Gasteiger partial charge in [-0.3, -0.25) is 0 Å². The van der Waals surface area contributed by atoms with E-state index in [2.05, 4.69) is 38.1 Å². The average Bonchev–Trinajstić information content (AvgIpc) is 2.48. The van der Waals surface area contributed by atoms with Gasteiger partial charge in [-0.05, 0) is 45.1 Å². The highest BCUT2D eigenvalue weighted by Crippen LogP contribution is 2.49. The van der Waals surface area contributed by atoms with Crippen molar-refractivity contribution in [2.24, 2.45) is 5.92 Å². The third-order valence-corrected chi connectivity index (χ3v) is 4.79. The number of aliphatic hydroxyl groups is 1. The van der Waals surface area contributed by atoms with E-state index >= 15 is 0 Å². The van der Waals surface area contributed by atoms with Crippen LogP contribution in [0, 0.1) is 12.8 Å². The number of fused-ring (bicyclic) bond motifs is 2. The summed E-state index contributed by atoms with van der Waals surface area (Å²) in [4.78, 5) is 0. The van der Waals surface area contributed by atoms with Crippen LogP contribution in [0.15, 0.2) is 24.3 Å². The summed E-state index contributed by atoms with van der Waals surface area (Å²) in [5, 5.41) is 10.8. The molecule has 1 aromatic carbocycles. The van der Waals surface area contributed by atoms with E-state index < -0.39 is 5.79 Å². The molecule has 0 unspecified atom stereocenters. The zero-order valence-corrected chi connectivity index (χ0v) is 12.0. The smallest absolute Gasteiger partial charge is 0.169 e. The van der Waals surface area contributed by atoms with Gasteiger partial charge in [-0.2, -0.15) is 0 Å². The Morgan fingerprint density at radius 3 is 2.89 bits per heavy atom. The van der Waals surface area contributed by atoms with Gasteiger partial charge < -0.3 is 9.84 Å². The maximum Gasteiger partial charge on any atom is 0.169 e. The highest BCUT2D eigenvalue weighted by molar-refractivity contribution is 5.23. The van der Waals surface area contributed by atoms with Crippen molar-refractivity contribution >= 4 is 0 Å². The molecule has 2 saturated heterocycles. The lowest BCUT2D eigenvalue weighted by Gasteiger charge is -2.29. The molecule has 0 saturated carbocycles. The molecular formula is C17H24O2. The third-order valence-electron chi connectivity index (χ3n) is 4.79. The second-order valence-corrected chi connectivity index (χ2v) is 6.70. The van der Waals surface area contributed by atoms with Crippen molar-refractivity contribution in [1.82, 2.24) is 0 Å². The number of rotatable bonds is 2. The third kappa shape index (κ3) is 2.56. The minimum atomic E-state index is -0.894. The predicted molar refractivity (Wildman–Crippen MR) is 75.9 cm³/mol. The van der Waals surface area contributed by atoms with E-state index in [9.17, 15) is 5.11 Å². The molecule has 1 aromatic rings. The van der Waals surface area contributed by atoms with Crippen molar-refractivity contribution in [2.75, 3.05) is 0 Å². The Balaban J connectivity index is 1.81. The lowest BCUT2D eigenvalue weighted by atomic mass is 9.80. The SMILES string of the molecule is Cc1cccc(C[C@H]2C[C@@]3(C)CCCC[C@]2(O)O3)c1.